The summed E-state index contributed by atoms with van der Waals surface area (Å²) in [6.45, 7) is -0.316. The standard InChI is InChI=1S/C11H11F2N3O2/c12-7-2-1-6(8(13)4-7)3-10-15-11(16-18-10)9(14)5-17/h1-2,4,9,17H,3,5,14H2. The van der Waals surface area contributed by atoms with Gasteiger partial charge < -0.3 is 15.4 Å². The van der Waals surface area contributed by atoms with E-state index in [9.17, 15) is 8.78 Å². The van der Waals surface area contributed by atoms with E-state index in [4.69, 9.17) is 15.4 Å². The highest BCUT2D eigenvalue weighted by molar-refractivity contribution is 5.21. The minimum Gasteiger partial charge on any atom is -0.394 e. The first-order valence-corrected chi connectivity index (χ1v) is 5.23. The maximum Gasteiger partial charge on any atom is 0.231 e. The highest BCUT2D eigenvalue weighted by Crippen LogP contribution is 2.14. The van der Waals surface area contributed by atoms with Crippen molar-refractivity contribution < 1.29 is 18.4 Å². The predicted molar refractivity (Wildman–Crippen MR) is 57.5 cm³/mol. The summed E-state index contributed by atoms with van der Waals surface area (Å²) in [6, 6.07) is 2.50. The molecule has 96 valence electrons. The number of aliphatic hydroxyl groups excluding tert-OH is 1. The lowest BCUT2D eigenvalue weighted by atomic mass is 10.1. The fraction of sp³-hybridized carbons (Fsp3) is 0.273. The van der Waals surface area contributed by atoms with Gasteiger partial charge in [-0.25, -0.2) is 8.78 Å². The Morgan fingerprint density at radius 2 is 2.17 bits per heavy atom. The maximum absolute atomic E-state index is 13.4. The second-order valence-electron chi connectivity index (χ2n) is 3.75. The first-order chi connectivity index (χ1) is 8.60. The van der Waals surface area contributed by atoms with Gasteiger partial charge in [-0.15, -0.1) is 0 Å². The summed E-state index contributed by atoms with van der Waals surface area (Å²) < 4.78 is 30.9. The molecule has 0 aliphatic heterocycles. The minimum atomic E-state index is -0.736. The largest absolute Gasteiger partial charge is 0.394 e. The number of nitrogens with zero attached hydrogens (tertiary/aromatic N) is 2. The van der Waals surface area contributed by atoms with E-state index in [0.29, 0.717) is 0 Å². The number of benzene rings is 1. The molecule has 2 aromatic rings. The molecule has 0 saturated heterocycles. The zero-order valence-corrected chi connectivity index (χ0v) is 9.31. The second kappa shape index (κ2) is 5.19. The lowest BCUT2D eigenvalue weighted by molar-refractivity contribution is 0.259. The molecular formula is C11H11F2N3O2. The third-order valence-corrected chi connectivity index (χ3v) is 2.37. The molecule has 0 aliphatic carbocycles. The molecule has 18 heavy (non-hydrogen) atoms. The van der Waals surface area contributed by atoms with E-state index in [0.717, 1.165) is 12.1 Å². The molecule has 0 radical (unpaired) electrons. The van der Waals surface area contributed by atoms with Crippen molar-refractivity contribution in [2.24, 2.45) is 5.73 Å². The van der Waals surface area contributed by atoms with Crippen molar-refractivity contribution in [1.82, 2.24) is 10.1 Å². The highest BCUT2D eigenvalue weighted by atomic mass is 19.1. The normalized spacial score (nSPS) is 12.7. The Morgan fingerprint density at radius 3 is 2.83 bits per heavy atom. The molecule has 1 unspecified atom stereocenters. The number of aliphatic hydroxyl groups is 1. The van der Waals surface area contributed by atoms with Crippen LogP contribution in [0.2, 0.25) is 0 Å². The van der Waals surface area contributed by atoms with Crippen molar-refractivity contribution >= 4 is 0 Å². The first-order valence-electron chi connectivity index (χ1n) is 5.23. The number of hydrogen-bond acceptors (Lipinski definition) is 5. The van der Waals surface area contributed by atoms with Crippen LogP contribution in [0.3, 0.4) is 0 Å². The molecular weight excluding hydrogens is 244 g/mol. The minimum absolute atomic E-state index is 0.0390. The molecule has 0 spiro atoms. The van der Waals surface area contributed by atoms with E-state index >= 15 is 0 Å². The quantitative estimate of drug-likeness (QED) is 0.848. The molecule has 2 rings (SSSR count). The van der Waals surface area contributed by atoms with Gasteiger partial charge in [-0.1, -0.05) is 11.2 Å². The number of aromatic nitrogens is 2. The summed E-state index contributed by atoms with van der Waals surface area (Å²) in [4.78, 5) is 3.92. The number of nitrogens with two attached hydrogens (primary N) is 1. The van der Waals surface area contributed by atoms with Gasteiger partial charge in [-0.05, 0) is 11.6 Å². The van der Waals surface area contributed by atoms with Crippen LogP contribution in [-0.2, 0) is 6.42 Å². The molecule has 0 saturated carbocycles. The fourth-order valence-electron chi connectivity index (χ4n) is 1.40. The molecule has 5 nitrogen and oxygen atoms in total. The van der Waals surface area contributed by atoms with Crippen LogP contribution in [0.15, 0.2) is 22.7 Å². The van der Waals surface area contributed by atoms with Crippen LogP contribution in [0.4, 0.5) is 8.78 Å². The van der Waals surface area contributed by atoms with Gasteiger partial charge in [0.1, 0.15) is 11.6 Å². The van der Waals surface area contributed by atoms with Crippen LogP contribution >= 0.6 is 0 Å². The lowest BCUT2D eigenvalue weighted by Gasteiger charge is -2.00. The lowest BCUT2D eigenvalue weighted by Crippen LogP contribution is -2.16. The van der Waals surface area contributed by atoms with Crippen LogP contribution in [-0.4, -0.2) is 21.9 Å². The summed E-state index contributed by atoms with van der Waals surface area (Å²) in [5.74, 6) is -1.03. The predicted octanol–water partition coefficient (Wildman–Crippen LogP) is 0.931. The summed E-state index contributed by atoms with van der Waals surface area (Å²) in [5.41, 5.74) is 5.73. The van der Waals surface area contributed by atoms with E-state index in [1.54, 1.807) is 0 Å². The zero-order valence-electron chi connectivity index (χ0n) is 9.31. The SMILES string of the molecule is NC(CO)c1noc(Cc2ccc(F)cc2F)n1. The van der Waals surface area contributed by atoms with Crippen LogP contribution < -0.4 is 5.73 Å². The van der Waals surface area contributed by atoms with Crippen molar-refractivity contribution in [3.63, 3.8) is 0 Å². The Morgan fingerprint density at radius 1 is 1.39 bits per heavy atom. The fourth-order valence-corrected chi connectivity index (χ4v) is 1.40. The van der Waals surface area contributed by atoms with E-state index in [-0.39, 0.29) is 30.3 Å². The van der Waals surface area contributed by atoms with Crippen molar-refractivity contribution in [1.29, 1.82) is 0 Å². The monoisotopic (exact) mass is 255 g/mol. The second-order valence-corrected chi connectivity index (χ2v) is 3.75. The topological polar surface area (TPSA) is 85.2 Å². The van der Waals surface area contributed by atoms with E-state index in [1.807, 2.05) is 0 Å². The highest BCUT2D eigenvalue weighted by Gasteiger charge is 2.14. The molecule has 1 atom stereocenters. The van der Waals surface area contributed by atoms with Gasteiger partial charge in [-0.2, -0.15) is 4.98 Å². The van der Waals surface area contributed by atoms with Crippen molar-refractivity contribution in [2.75, 3.05) is 6.61 Å². The van der Waals surface area contributed by atoms with Gasteiger partial charge in [0.15, 0.2) is 5.82 Å². The smallest absolute Gasteiger partial charge is 0.231 e. The average Bonchev–Trinajstić information content (AvgIpc) is 2.80. The van der Waals surface area contributed by atoms with E-state index < -0.39 is 17.7 Å². The first kappa shape index (κ1) is 12.6. The number of hydrogen-bond donors (Lipinski definition) is 2. The molecule has 1 aromatic heterocycles. The third kappa shape index (κ3) is 2.69. The van der Waals surface area contributed by atoms with Gasteiger partial charge in [0.2, 0.25) is 5.89 Å². The molecule has 0 amide bonds. The van der Waals surface area contributed by atoms with Gasteiger partial charge in [0, 0.05) is 6.07 Å². The molecule has 1 heterocycles. The summed E-state index contributed by atoms with van der Waals surface area (Å²) in [7, 11) is 0. The molecule has 0 fully saturated rings. The zero-order chi connectivity index (χ0) is 13.1. The number of rotatable bonds is 4. The van der Waals surface area contributed by atoms with Gasteiger partial charge in [0.25, 0.3) is 0 Å². The van der Waals surface area contributed by atoms with Crippen molar-refractivity contribution in [2.45, 2.75) is 12.5 Å². The Balaban J connectivity index is 2.16. The van der Waals surface area contributed by atoms with Gasteiger partial charge in [0.05, 0.1) is 19.1 Å². The van der Waals surface area contributed by atoms with E-state index in [2.05, 4.69) is 10.1 Å². The van der Waals surface area contributed by atoms with Gasteiger partial charge in [-0.3, -0.25) is 0 Å². The Bertz CT molecular complexity index is 545. The Kier molecular flexibility index (Phi) is 3.63. The molecule has 0 bridgehead atoms. The summed E-state index contributed by atoms with van der Waals surface area (Å²) in [6.07, 6.45) is 0.0390. The molecule has 3 N–H and O–H groups in total. The van der Waals surface area contributed by atoms with Crippen LogP contribution in [0, 0.1) is 11.6 Å². The summed E-state index contributed by atoms with van der Waals surface area (Å²) >= 11 is 0. The van der Waals surface area contributed by atoms with Crippen molar-refractivity contribution in [3.8, 4) is 0 Å². The van der Waals surface area contributed by atoms with Crippen LogP contribution in [0.5, 0.6) is 0 Å². The third-order valence-electron chi connectivity index (χ3n) is 2.37. The van der Waals surface area contributed by atoms with E-state index in [1.165, 1.54) is 6.07 Å². The molecule has 0 aliphatic rings. The average molecular weight is 255 g/mol. The molecule has 7 heteroatoms. The van der Waals surface area contributed by atoms with Crippen LogP contribution in [0.25, 0.3) is 0 Å². The molecule has 1 aromatic carbocycles. The van der Waals surface area contributed by atoms with Crippen LogP contribution in [0.1, 0.15) is 23.3 Å². The Hall–Kier alpha value is -1.86. The maximum atomic E-state index is 13.4. The van der Waals surface area contributed by atoms with Gasteiger partial charge >= 0.3 is 0 Å². The number of halogens is 2. The van der Waals surface area contributed by atoms with Crippen molar-refractivity contribution in [3.05, 3.63) is 47.1 Å². The summed E-state index contributed by atoms with van der Waals surface area (Å²) in [5, 5.41) is 12.4. The Labute approximate surface area is 101 Å².